The van der Waals surface area contributed by atoms with Crippen LogP contribution in [0.3, 0.4) is 0 Å². The fourth-order valence-corrected chi connectivity index (χ4v) is 3.40. The highest BCUT2D eigenvalue weighted by Gasteiger charge is 2.22. The van der Waals surface area contributed by atoms with Crippen molar-refractivity contribution in [3.8, 4) is 11.4 Å². The number of benzene rings is 1. The van der Waals surface area contributed by atoms with Crippen LogP contribution in [-0.2, 0) is 5.41 Å². The summed E-state index contributed by atoms with van der Waals surface area (Å²) in [5.41, 5.74) is 7.88. The number of aromatic nitrogens is 2. The van der Waals surface area contributed by atoms with Gasteiger partial charge >= 0.3 is 0 Å². The number of hydrogen-bond donors (Lipinski definition) is 1. The van der Waals surface area contributed by atoms with Gasteiger partial charge in [0.15, 0.2) is 5.82 Å². The third-order valence-corrected chi connectivity index (χ3v) is 5.71. The second-order valence-electron chi connectivity index (χ2n) is 5.47. The van der Waals surface area contributed by atoms with Gasteiger partial charge in [-0.2, -0.15) is 0 Å². The lowest BCUT2D eigenvalue weighted by molar-refractivity contribution is 0.564. The summed E-state index contributed by atoms with van der Waals surface area (Å²) >= 11 is 9.17. The third-order valence-electron chi connectivity index (χ3n) is 2.77. The molecule has 0 amide bonds. The normalized spacial score (nSPS) is 11.7. The molecule has 0 unspecified atom stereocenters. The molecule has 2 aromatic rings. The van der Waals surface area contributed by atoms with Gasteiger partial charge in [-0.3, -0.25) is 0 Å². The van der Waals surface area contributed by atoms with Gasteiger partial charge < -0.3 is 5.73 Å². The number of nitrogens with zero attached hydrogens (tertiary/aromatic N) is 2. The van der Waals surface area contributed by atoms with E-state index in [-0.39, 0.29) is 5.41 Å². The van der Waals surface area contributed by atoms with Gasteiger partial charge in [0.2, 0.25) is 0 Å². The molecule has 20 heavy (non-hydrogen) atoms. The fraction of sp³-hybridized carbons (Fsp3) is 0.286. The highest BCUT2D eigenvalue weighted by atomic mass is 127. The molecule has 6 heteroatoms. The predicted octanol–water partition coefficient (Wildman–Crippen LogP) is 5.15. The van der Waals surface area contributed by atoms with Gasteiger partial charge in [0.05, 0.1) is 9.26 Å². The topological polar surface area (TPSA) is 51.8 Å². The van der Waals surface area contributed by atoms with E-state index in [4.69, 9.17) is 10.7 Å². The average Bonchev–Trinajstić information content (AvgIpc) is 2.34. The van der Waals surface area contributed by atoms with Crippen molar-refractivity contribution in [3.05, 3.63) is 36.4 Å². The van der Waals surface area contributed by atoms with Gasteiger partial charge in [0.25, 0.3) is 0 Å². The Morgan fingerprint density at radius 1 is 1.10 bits per heavy atom. The van der Waals surface area contributed by atoms with E-state index < -0.39 is 0 Å². The van der Waals surface area contributed by atoms with E-state index in [0.717, 1.165) is 23.8 Å². The van der Waals surface area contributed by atoms with E-state index in [1.165, 1.54) is 0 Å². The Kier molecular flexibility index (Phi) is 4.76. The van der Waals surface area contributed by atoms with Crippen LogP contribution in [0, 0.1) is 3.57 Å². The molecule has 0 atom stereocenters. The van der Waals surface area contributed by atoms with E-state index in [2.05, 4.69) is 80.2 Å². The molecule has 2 N–H and O–H groups in total. The number of hydrogen-bond acceptors (Lipinski definition) is 3. The summed E-state index contributed by atoms with van der Waals surface area (Å²) in [6, 6.07) is 5.93. The minimum atomic E-state index is -0.0745. The second-order valence-corrected chi connectivity index (χ2v) is 8.26. The van der Waals surface area contributed by atoms with Crippen LogP contribution in [0.25, 0.3) is 11.4 Å². The summed E-state index contributed by atoms with van der Waals surface area (Å²) in [6.07, 6.45) is 0. The van der Waals surface area contributed by atoms with E-state index in [0.29, 0.717) is 11.6 Å². The zero-order valence-corrected chi connectivity index (χ0v) is 16.7. The Morgan fingerprint density at radius 3 is 2.30 bits per heavy atom. The van der Waals surface area contributed by atoms with Crippen molar-refractivity contribution in [2.45, 2.75) is 26.2 Å². The van der Waals surface area contributed by atoms with Crippen LogP contribution in [-0.4, -0.2) is 9.97 Å². The molecule has 1 aromatic heterocycles. The standard InChI is InChI=1S/C14H14Br2IN3/c1-14(2,3)11-10(17)12(18)20-13(19-11)7-4-5-8(15)9(16)6-7/h4-6H,1-3H3,(H2,18,19,20). The molecule has 1 aromatic carbocycles. The molecular weight excluding hydrogens is 497 g/mol. The van der Waals surface area contributed by atoms with Crippen molar-refractivity contribution in [2.24, 2.45) is 0 Å². The molecule has 2 rings (SSSR count). The van der Waals surface area contributed by atoms with Gasteiger partial charge in [-0.25, -0.2) is 9.97 Å². The lowest BCUT2D eigenvalue weighted by atomic mass is 9.92. The number of halogens is 3. The molecule has 0 aliphatic heterocycles. The first-order valence-corrected chi connectivity index (χ1v) is 8.65. The van der Waals surface area contributed by atoms with Gasteiger partial charge in [0, 0.05) is 19.9 Å². The van der Waals surface area contributed by atoms with Crippen molar-refractivity contribution >= 4 is 60.3 Å². The van der Waals surface area contributed by atoms with E-state index in [1.807, 2.05) is 18.2 Å². The minimum absolute atomic E-state index is 0.0745. The molecule has 106 valence electrons. The maximum atomic E-state index is 6.04. The number of nitrogen functional groups attached to an aromatic ring is 1. The summed E-state index contributed by atoms with van der Waals surface area (Å²) in [5, 5.41) is 0. The molecule has 0 radical (unpaired) electrons. The average molecular weight is 511 g/mol. The molecule has 0 fully saturated rings. The van der Waals surface area contributed by atoms with E-state index >= 15 is 0 Å². The Morgan fingerprint density at radius 2 is 1.75 bits per heavy atom. The quantitative estimate of drug-likeness (QED) is 0.540. The summed E-state index contributed by atoms with van der Waals surface area (Å²) < 4.78 is 2.89. The SMILES string of the molecule is CC(C)(C)c1nc(-c2ccc(Br)c(Br)c2)nc(N)c1I. The summed E-state index contributed by atoms with van der Waals surface area (Å²) in [4.78, 5) is 9.12. The Bertz CT molecular complexity index is 666. The predicted molar refractivity (Wildman–Crippen MR) is 98.7 cm³/mol. The first kappa shape index (κ1) is 16.2. The van der Waals surface area contributed by atoms with Crippen molar-refractivity contribution in [1.29, 1.82) is 0 Å². The molecular formula is C14H14Br2IN3. The highest BCUT2D eigenvalue weighted by molar-refractivity contribution is 14.1. The summed E-state index contributed by atoms with van der Waals surface area (Å²) in [6.45, 7) is 6.37. The van der Waals surface area contributed by atoms with Gasteiger partial charge in [-0.1, -0.05) is 20.8 Å². The van der Waals surface area contributed by atoms with Crippen LogP contribution in [0.2, 0.25) is 0 Å². The lowest BCUT2D eigenvalue weighted by Crippen LogP contribution is -2.18. The molecule has 0 saturated carbocycles. The van der Waals surface area contributed by atoms with Gasteiger partial charge in [0.1, 0.15) is 5.82 Å². The zero-order valence-electron chi connectivity index (χ0n) is 11.3. The number of nitrogens with two attached hydrogens (primary N) is 1. The maximum Gasteiger partial charge on any atom is 0.161 e. The van der Waals surface area contributed by atoms with Crippen LogP contribution in [0.4, 0.5) is 5.82 Å². The van der Waals surface area contributed by atoms with Crippen molar-refractivity contribution in [2.75, 3.05) is 5.73 Å². The van der Waals surface area contributed by atoms with Crippen molar-refractivity contribution in [3.63, 3.8) is 0 Å². The molecule has 0 spiro atoms. The monoisotopic (exact) mass is 509 g/mol. The smallest absolute Gasteiger partial charge is 0.161 e. The molecule has 0 bridgehead atoms. The molecule has 0 aliphatic rings. The van der Waals surface area contributed by atoms with Gasteiger partial charge in [-0.15, -0.1) is 0 Å². The largest absolute Gasteiger partial charge is 0.383 e. The number of anilines is 1. The van der Waals surface area contributed by atoms with Crippen LogP contribution in [0.15, 0.2) is 27.1 Å². The first-order chi connectivity index (χ1) is 9.20. The molecule has 3 nitrogen and oxygen atoms in total. The Labute approximate surface area is 149 Å². The van der Waals surface area contributed by atoms with E-state index in [9.17, 15) is 0 Å². The minimum Gasteiger partial charge on any atom is -0.383 e. The fourth-order valence-electron chi connectivity index (χ4n) is 1.73. The zero-order chi connectivity index (χ0) is 15.1. The first-order valence-electron chi connectivity index (χ1n) is 5.99. The Balaban J connectivity index is 2.63. The summed E-state index contributed by atoms with van der Waals surface area (Å²) in [5.74, 6) is 1.18. The van der Waals surface area contributed by atoms with Crippen molar-refractivity contribution < 1.29 is 0 Å². The molecule has 0 saturated heterocycles. The van der Waals surface area contributed by atoms with Crippen LogP contribution < -0.4 is 5.73 Å². The second kappa shape index (κ2) is 5.88. The summed E-state index contributed by atoms with van der Waals surface area (Å²) in [7, 11) is 0. The van der Waals surface area contributed by atoms with E-state index in [1.54, 1.807) is 0 Å². The van der Waals surface area contributed by atoms with Crippen molar-refractivity contribution in [1.82, 2.24) is 9.97 Å². The molecule has 0 aliphatic carbocycles. The van der Waals surface area contributed by atoms with Crippen LogP contribution in [0.5, 0.6) is 0 Å². The van der Waals surface area contributed by atoms with Crippen LogP contribution in [0.1, 0.15) is 26.5 Å². The maximum absolute atomic E-state index is 6.04. The third kappa shape index (κ3) is 3.33. The van der Waals surface area contributed by atoms with Gasteiger partial charge in [-0.05, 0) is 72.6 Å². The number of rotatable bonds is 1. The highest BCUT2D eigenvalue weighted by Crippen LogP contribution is 2.32. The lowest BCUT2D eigenvalue weighted by Gasteiger charge is -2.21. The molecule has 1 heterocycles. The van der Waals surface area contributed by atoms with Crippen LogP contribution >= 0.6 is 54.5 Å². The Hall–Kier alpha value is -0.210.